The van der Waals surface area contributed by atoms with Crippen LogP contribution >= 0.6 is 0 Å². The van der Waals surface area contributed by atoms with Crippen molar-refractivity contribution in [1.29, 1.82) is 0 Å². The third-order valence-electron chi connectivity index (χ3n) is 4.42. The van der Waals surface area contributed by atoms with Crippen molar-refractivity contribution in [2.45, 2.75) is 25.7 Å². The molecule has 0 saturated carbocycles. The molecular weight excluding hydrogens is 418 g/mol. The van der Waals surface area contributed by atoms with Crippen molar-refractivity contribution in [2.24, 2.45) is 5.10 Å². The summed E-state index contributed by atoms with van der Waals surface area (Å²) in [5, 5.41) is 6.79. The Labute approximate surface area is 181 Å². The predicted octanol–water partition coefficient (Wildman–Crippen LogP) is 3.94. The van der Waals surface area contributed by atoms with Crippen molar-refractivity contribution in [2.75, 3.05) is 11.9 Å². The third kappa shape index (κ3) is 5.52. The van der Waals surface area contributed by atoms with Gasteiger partial charge >= 0.3 is 0 Å². The van der Waals surface area contributed by atoms with Gasteiger partial charge in [0, 0.05) is 5.69 Å². The molecule has 0 radical (unpaired) electrons. The molecule has 1 heterocycles. The van der Waals surface area contributed by atoms with Crippen LogP contribution in [0.3, 0.4) is 0 Å². The molecule has 0 saturated heterocycles. The topological polar surface area (TPSA) is 110 Å². The summed E-state index contributed by atoms with van der Waals surface area (Å²) in [5.41, 5.74) is 2.08. The lowest BCUT2D eigenvalue weighted by Gasteiger charge is -2.09. The van der Waals surface area contributed by atoms with E-state index in [0.29, 0.717) is 40.6 Å². The van der Waals surface area contributed by atoms with E-state index in [1.165, 1.54) is 18.4 Å². The number of hydrogen-bond acceptors (Lipinski definition) is 6. The summed E-state index contributed by atoms with van der Waals surface area (Å²) in [7, 11) is -3.83. The number of ether oxygens (including phenoxy) is 1. The Kier molecular flexibility index (Phi) is 6.76. The summed E-state index contributed by atoms with van der Waals surface area (Å²) in [4.78, 5) is 14.7. The molecule has 1 aromatic heterocycles. The average molecular weight is 442 g/mol. The molecule has 0 spiro atoms. The molecule has 3 rings (SSSR count). The number of aryl methyl sites for hydroxylation is 1. The van der Waals surface area contributed by atoms with Gasteiger partial charge in [0.2, 0.25) is 0 Å². The number of nitrogens with zero attached hydrogens (tertiary/aromatic N) is 1. The van der Waals surface area contributed by atoms with Gasteiger partial charge in [-0.2, -0.15) is 18.4 Å². The fourth-order valence-corrected chi connectivity index (χ4v) is 3.63. The largest absolute Gasteiger partial charge is 0.494 e. The Bertz CT molecular complexity index is 1200. The van der Waals surface area contributed by atoms with E-state index in [1.807, 2.05) is 6.92 Å². The van der Waals surface area contributed by atoms with Crippen molar-refractivity contribution in [3.8, 4) is 5.75 Å². The second-order valence-electron chi connectivity index (χ2n) is 6.62. The van der Waals surface area contributed by atoms with Crippen molar-refractivity contribution < 1.29 is 22.4 Å². The molecular formula is C22H23N3O5S. The second-order valence-corrected chi connectivity index (χ2v) is 8.28. The fraction of sp³-hybridized carbons (Fsp3) is 0.182. The molecule has 0 aliphatic carbocycles. The predicted molar refractivity (Wildman–Crippen MR) is 118 cm³/mol. The van der Waals surface area contributed by atoms with Crippen LogP contribution in [0, 0.1) is 6.92 Å². The number of anilines is 1. The van der Waals surface area contributed by atoms with E-state index in [-0.39, 0.29) is 10.8 Å². The summed E-state index contributed by atoms with van der Waals surface area (Å²) in [5.74, 6) is 0.815. The Morgan fingerprint density at radius 2 is 1.87 bits per heavy atom. The van der Waals surface area contributed by atoms with Gasteiger partial charge in [-0.05, 0) is 68.8 Å². The molecule has 9 heteroatoms. The van der Waals surface area contributed by atoms with Gasteiger partial charge in [0.15, 0.2) is 0 Å². The highest BCUT2D eigenvalue weighted by molar-refractivity contribution is 7.89. The van der Waals surface area contributed by atoms with E-state index < -0.39 is 10.0 Å². The molecule has 8 nitrogen and oxygen atoms in total. The molecule has 2 aromatic carbocycles. The monoisotopic (exact) mass is 441 g/mol. The van der Waals surface area contributed by atoms with Crippen LogP contribution in [0.4, 0.5) is 5.69 Å². The molecule has 0 atom stereocenters. The molecule has 1 amide bonds. The Balaban J connectivity index is 1.72. The number of carbonyl (C=O) groups excluding carboxylic acids is 1. The maximum absolute atomic E-state index is 12.5. The van der Waals surface area contributed by atoms with Crippen LogP contribution in [0.25, 0.3) is 0 Å². The van der Waals surface area contributed by atoms with E-state index in [4.69, 9.17) is 9.15 Å². The molecule has 0 unspecified atom stereocenters. The SMILES string of the molecule is CCOc1ccc(S(=O)(=O)N/N=C(\C)c2cccc(NC(=O)c3ccoc3C)c2)cc1. The van der Waals surface area contributed by atoms with Gasteiger partial charge in [-0.1, -0.05) is 12.1 Å². The zero-order chi connectivity index (χ0) is 22.4. The zero-order valence-electron chi connectivity index (χ0n) is 17.4. The first-order chi connectivity index (χ1) is 14.8. The minimum Gasteiger partial charge on any atom is -0.494 e. The first-order valence-electron chi connectivity index (χ1n) is 9.55. The first kappa shape index (κ1) is 22.1. The smallest absolute Gasteiger partial charge is 0.276 e. The number of hydrogen-bond donors (Lipinski definition) is 2. The normalized spacial score (nSPS) is 11.8. The number of furan rings is 1. The quantitative estimate of drug-likeness (QED) is 0.406. The number of hydrazone groups is 1. The van der Waals surface area contributed by atoms with Crippen LogP contribution in [0.2, 0.25) is 0 Å². The van der Waals surface area contributed by atoms with E-state index in [0.717, 1.165) is 0 Å². The average Bonchev–Trinajstić information content (AvgIpc) is 3.19. The minimum atomic E-state index is -3.83. The summed E-state index contributed by atoms with van der Waals surface area (Å²) in [6, 6.07) is 14.6. The number of sulfonamides is 1. The van der Waals surface area contributed by atoms with E-state index in [2.05, 4.69) is 15.2 Å². The van der Waals surface area contributed by atoms with E-state index >= 15 is 0 Å². The second kappa shape index (κ2) is 9.48. The van der Waals surface area contributed by atoms with Crippen LogP contribution in [0.15, 0.2) is 75.3 Å². The molecule has 0 bridgehead atoms. The Morgan fingerprint density at radius 3 is 2.52 bits per heavy atom. The molecule has 0 aliphatic rings. The lowest BCUT2D eigenvalue weighted by atomic mass is 10.1. The van der Waals surface area contributed by atoms with Crippen molar-refractivity contribution >= 4 is 27.3 Å². The van der Waals surface area contributed by atoms with E-state index in [1.54, 1.807) is 56.3 Å². The third-order valence-corrected chi connectivity index (χ3v) is 5.64. The zero-order valence-corrected chi connectivity index (χ0v) is 18.2. The lowest BCUT2D eigenvalue weighted by Crippen LogP contribution is -2.20. The summed E-state index contributed by atoms with van der Waals surface area (Å²) >= 11 is 0. The number of amides is 1. The van der Waals surface area contributed by atoms with Crippen LogP contribution in [0.1, 0.15) is 35.5 Å². The van der Waals surface area contributed by atoms with Gasteiger partial charge in [0.05, 0.1) is 29.0 Å². The van der Waals surface area contributed by atoms with Gasteiger partial charge in [-0.25, -0.2) is 0 Å². The van der Waals surface area contributed by atoms with Crippen LogP contribution < -0.4 is 14.9 Å². The maximum Gasteiger partial charge on any atom is 0.276 e. The highest BCUT2D eigenvalue weighted by Crippen LogP contribution is 2.17. The molecule has 31 heavy (non-hydrogen) atoms. The summed E-state index contributed by atoms with van der Waals surface area (Å²) < 4.78 is 35.4. The molecule has 162 valence electrons. The molecule has 0 aliphatic heterocycles. The Morgan fingerprint density at radius 1 is 1.13 bits per heavy atom. The van der Waals surface area contributed by atoms with Crippen molar-refractivity contribution in [3.63, 3.8) is 0 Å². The van der Waals surface area contributed by atoms with Crippen LogP contribution in [-0.2, 0) is 10.0 Å². The number of benzene rings is 2. The number of rotatable bonds is 8. The van der Waals surface area contributed by atoms with E-state index in [9.17, 15) is 13.2 Å². The summed E-state index contributed by atoms with van der Waals surface area (Å²) in [6.07, 6.45) is 1.45. The lowest BCUT2D eigenvalue weighted by molar-refractivity contribution is 0.102. The van der Waals surface area contributed by atoms with Gasteiger partial charge in [0.25, 0.3) is 15.9 Å². The molecule has 3 aromatic rings. The minimum absolute atomic E-state index is 0.0731. The van der Waals surface area contributed by atoms with Gasteiger partial charge in [0.1, 0.15) is 11.5 Å². The van der Waals surface area contributed by atoms with Gasteiger partial charge < -0.3 is 14.5 Å². The Hall–Kier alpha value is -3.59. The van der Waals surface area contributed by atoms with Crippen molar-refractivity contribution in [3.05, 3.63) is 77.7 Å². The van der Waals surface area contributed by atoms with Gasteiger partial charge in [-0.15, -0.1) is 0 Å². The number of nitrogens with one attached hydrogen (secondary N) is 2. The highest BCUT2D eigenvalue weighted by Gasteiger charge is 2.14. The summed E-state index contributed by atoms with van der Waals surface area (Å²) in [6.45, 7) is 5.72. The van der Waals surface area contributed by atoms with Crippen LogP contribution in [-0.4, -0.2) is 26.6 Å². The number of carbonyl (C=O) groups is 1. The van der Waals surface area contributed by atoms with Crippen molar-refractivity contribution in [1.82, 2.24) is 4.83 Å². The molecule has 2 N–H and O–H groups in total. The fourth-order valence-electron chi connectivity index (χ4n) is 2.77. The molecule has 0 fully saturated rings. The highest BCUT2D eigenvalue weighted by atomic mass is 32.2. The van der Waals surface area contributed by atoms with Gasteiger partial charge in [-0.3, -0.25) is 4.79 Å². The standard InChI is InChI=1S/C22H23N3O5S/c1-4-29-19-8-10-20(11-9-19)31(27,28)25-24-15(2)17-6-5-7-18(14-17)23-22(26)21-12-13-30-16(21)3/h5-14,25H,4H2,1-3H3,(H,23,26)/b24-15+. The first-order valence-corrected chi connectivity index (χ1v) is 11.0. The maximum atomic E-state index is 12.5. The van der Waals surface area contributed by atoms with Crippen LogP contribution in [0.5, 0.6) is 5.75 Å².